The number of hydrogen-bond acceptors (Lipinski definition) is 2. The van der Waals surface area contributed by atoms with Gasteiger partial charge < -0.3 is 9.84 Å². The van der Waals surface area contributed by atoms with Crippen LogP contribution < -0.4 is 4.74 Å². The Hall–Kier alpha value is -2.29. The largest absolute Gasteiger partial charge is 0.494 e. The first kappa shape index (κ1) is 15.8. The van der Waals surface area contributed by atoms with Gasteiger partial charge in [0, 0.05) is 0 Å². The summed E-state index contributed by atoms with van der Waals surface area (Å²) in [5.74, 6) is -0.187. The van der Waals surface area contributed by atoms with E-state index in [0.717, 1.165) is 18.6 Å². The number of carboxylic acid groups (broad SMARTS) is 1. The summed E-state index contributed by atoms with van der Waals surface area (Å²) in [6.45, 7) is 2.78. The van der Waals surface area contributed by atoms with Crippen LogP contribution in [0.3, 0.4) is 0 Å². The van der Waals surface area contributed by atoms with Crippen molar-refractivity contribution in [3.8, 4) is 5.75 Å². The average Bonchev–Trinajstić information content (AvgIpc) is 2.50. The fourth-order valence-corrected chi connectivity index (χ4v) is 1.41. The lowest BCUT2D eigenvalue weighted by molar-refractivity contribution is 0.0697. The van der Waals surface area contributed by atoms with Crippen molar-refractivity contribution < 1.29 is 14.6 Å². The molecule has 0 saturated heterocycles. The van der Waals surface area contributed by atoms with E-state index in [1.807, 2.05) is 36.4 Å². The second-order valence-corrected chi connectivity index (χ2v) is 4.19. The minimum atomic E-state index is -0.912. The molecule has 0 aliphatic heterocycles. The minimum Gasteiger partial charge on any atom is -0.494 e. The highest BCUT2D eigenvalue weighted by Crippen LogP contribution is 2.12. The highest BCUT2D eigenvalue weighted by Gasteiger charge is 2.01. The van der Waals surface area contributed by atoms with E-state index in [0.29, 0.717) is 6.61 Å². The first-order valence-corrected chi connectivity index (χ1v) is 6.70. The molecule has 0 unspecified atom stereocenters. The maximum Gasteiger partial charge on any atom is 0.335 e. The number of benzene rings is 2. The van der Waals surface area contributed by atoms with E-state index in [4.69, 9.17) is 9.84 Å². The van der Waals surface area contributed by atoms with E-state index in [-0.39, 0.29) is 5.56 Å². The standard InChI is InChI=1S/C11H14O3.C6H6/c1-2-3-8-14-10-6-4-9(5-7-10)11(12)13;1-2-4-6-5-3-1/h4-7H,2-3,8H2,1H3,(H,12,13);1-6H. The number of unbranched alkanes of at least 4 members (excludes halogenated alkanes) is 1. The third-order valence-corrected chi connectivity index (χ3v) is 2.53. The zero-order valence-corrected chi connectivity index (χ0v) is 11.7. The Bertz CT molecular complexity index is 451. The fourth-order valence-electron chi connectivity index (χ4n) is 1.41. The molecule has 0 aliphatic rings. The summed E-state index contributed by atoms with van der Waals surface area (Å²) in [7, 11) is 0. The molecule has 0 aliphatic carbocycles. The lowest BCUT2D eigenvalue weighted by Gasteiger charge is -2.04. The Morgan fingerprint density at radius 2 is 1.50 bits per heavy atom. The van der Waals surface area contributed by atoms with Gasteiger partial charge in [0.05, 0.1) is 12.2 Å². The number of carboxylic acids is 1. The molecule has 0 aromatic heterocycles. The van der Waals surface area contributed by atoms with E-state index in [9.17, 15) is 4.79 Å². The number of ether oxygens (including phenoxy) is 1. The third-order valence-electron chi connectivity index (χ3n) is 2.53. The van der Waals surface area contributed by atoms with Gasteiger partial charge in [0.1, 0.15) is 5.75 Å². The van der Waals surface area contributed by atoms with Crippen LogP contribution in [0.15, 0.2) is 60.7 Å². The quantitative estimate of drug-likeness (QED) is 0.828. The SMILES string of the molecule is CCCCOc1ccc(C(=O)O)cc1.c1ccccc1. The summed E-state index contributed by atoms with van der Waals surface area (Å²) in [5.41, 5.74) is 0.285. The summed E-state index contributed by atoms with van der Waals surface area (Å²) in [4.78, 5) is 10.5. The highest BCUT2D eigenvalue weighted by molar-refractivity contribution is 5.87. The Morgan fingerprint density at radius 3 is 1.90 bits per heavy atom. The van der Waals surface area contributed by atoms with Gasteiger partial charge >= 0.3 is 5.97 Å². The second-order valence-electron chi connectivity index (χ2n) is 4.19. The van der Waals surface area contributed by atoms with Gasteiger partial charge in [0.15, 0.2) is 0 Å². The summed E-state index contributed by atoms with van der Waals surface area (Å²) >= 11 is 0. The Morgan fingerprint density at radius 1 is 1.00 bits per heavy atom. The number of rotatable bonds is 5. The number of hydrogen-bond donors (Lipinski definition) is 1. The zero-order valence-electron chi connectivity index (χ0n) is 11.7. The van der Waals surface area contributed by atoms with Gasteiger partial charge in [-0.1, -0.05) is 49.7 Å². The number of aromatic carboxylic acids is 1. The number of carbonyl (C=O) groups is 1. The molecule has 0 heterocycles. The topological polar surface area (TPSA) is 46.5 Å². The molecule has 0 spiro atoms. The van der Waals surface area contributed by atoms with Crippen LogP contribution in [0, 0.1) is 0 Å². The maximum absolute atomic E-state index is 10.5. The van der Waals surface area contributed by atoms with Gasteiger partial charge in [-0.15, -0.1) is 0 Å². The van der Waals surface area contributed by atoms with Crippen LogP contribution in [0.5, 0.6) is 5.75 Å². The van der Waals surface area contributed by atoms with Crippen LogP contribution in [0.1, 0.15) is 30.1 Å². The van der Waals surface area contributed by atoms with Crippen LogP contribution >= 0.6 is 0 Å². The molecule has 0 saturated carbocycles. The molecular formula is C17H20O3. The molecule has 0 radical (unpaired) electrons. The lowest BCUT2D eigenvalue weighted by Crippen LogP contribution is -1.98. The van der Waals surface area contributed by atoms with E-state index in [2.05, 4.69) is 6.92 Å². The van der Waals surface area contributed by atoms with E-state index in [1.54, 1.807) is 24.3 Å². The summed E-state index contributed by atoms with van der Waals surface area (Å²) < 4.78 is 5.39. The van der Waals surface area contributed by atoms with Crippen molar-refractivity contribution in [2.24, 2.45) is 0 Å². The van der Waals surface area contributed by atoms with Crippen LogP contribution in [0.4, 0.5) is 0 Å². The molecule has 2 aromatic carbocycles. The zero-order chi connectivity index (χ0) is 14.6. The molecule has 0 atom stereocenters. The molecular weight excluding hydrogens is 252 g/mol. The predicted octanol–water partition coefficient (Wildman–Crippen LogP) is 4.25. The lowest BCUT2D eigenvalue weighted by atomic mass is 10.2. The van der Waals surface area contributed by atoms with Crippen molar-refractivity contribution in [1.29, 1.82) is 0 Å². The molecule has 0 bridgehead atoms. The highest BCUT2D eigenvalue weighted by atomic mass is 16.5. The second kappa shape index (κ2) is 9.62. The molecule has 3 heteroatoms. The van der Waals surface area contributed by atoms with Crippen molar-refractivity contribution in [3.63, 3.8) is 0 Å². The molecule has 2 rings (SSSR count). The van der Waals surface area contributed by atoms with Gasteiger partial charge in [-0.2, -0.15) is 0 Å². The molecule has 1 N–H and O–H groups in total. The maximum atomic E-state index is 10.5. The first-order valence-electron chi connectivity index (χ1n) is 6.70. The fraction of sp³-hybridized carbons (Fsp3) is 0.235. The van der Waals surface area contributed by atoms with Crippen LogP contribution in [0.25, 0.3) is 0 Å². The summed E-state index contributed by atoms with van der Waals surface area (Å²) in [6, 6.07) is 18.4. The smallest absolute Gasteiger partial charge is 0.335 e. The first-order chi connectivity index (χ1) is 9.74. The van der Waals surface area contributed by atoms with Gasteiger partial charge in [0.2, 0.25) is 0 Å². The molecule has 106 valence electrons. The van der Waals surface area contributed by atoms with Crippen molar-refractivity contribution >= 4 is 5.97 Å². The van der Waals surface area contributed by atoms with E-state index >= 15 is 0 Å². The van der Waals surface area contributed by atoms with Crippen LogP contribution in [-0.4, -0.2) is 17.7 Å². The third kappa shape index (κ3) is 6.59. The van der Waals surface area contributed by atoms with Crippen LogP contribution in [-0.2, 0) is 0 Å². The van der Waals surface area contributed by atoms with E-state index < -0.39 is 5.97 Å². The molecule has 0 amide bonds. The Balaban J connectivity index is 0.000000276. The molecule has 2 aromatic rings. The summed E-state index contributed by atoms with van der Waals surface area (Å²) in [6.07, 6.45) is 2.11. The van der Waals surface area contributed by atoms with Crippen molar-refractivity contribution in [2.45, 2.75) is 19.8 Å². The normalized spacial score (nSPS) is 9.25. The van der Waals surface area contributed by atoms with Crippen molar-refractivity contribution in [2.75, 3.05) is 6.61 Å². The van der Waals surface area contributed by atoms with Gasteiger partial charge in [-0.3, -0.25) is 0 Å². The van der Waals surface area contributed by atoms with Crippen LogP contribution in [0.2, 0.25) is 0 Å². The molecule has 0 fully saturated rings. The average molecular weight is 272 g/mol. The Labute approximate surface area is 119 Å². The van der Waals surface area contributed by atoms with E-state index in [1.165, 1.54) is 0 Å². The minimum absolute atomic E-state index is 0.285. The van der Waals surface area contributed by atoms with Gasteiger partial charge in [-0.05, 0) is 30.7 Å². The molecule has 20 heavy (non-hydrogen) atoms. The molecule has 3 nitrogen and oxygen atoms in total. The predicted molar refractivity (Wildman–Crippen MR) is 80.2 cm³/mol. The van der Waals surface area contributed by atoms with Crippen molar-refractivity contribution in [3.05, 3.63) is 66.2 Å². The van der Waals surface area contributed by atoms with Crippen molar-refractivity contribution in [1.82, 2.24) is 0 Å². The van der Waals surface area contributed by atoms with Gasteiger partial charge in [0.25, 0.3) is 0 Å². The monoisotopic (exact) mass is 272 g/mol. The van der Waals surface area contributed by atoms with Gasteiger partial charge in [-0.25, -0.2) is 4.79 Å². The Kier molecular flexibility index (Phi) is 7.58. The summed E-state index contributed by atoms with van der Waals surface area (Å²) in [5, 5.41) is 8.65.